The number of nitrogens with zero attached hydrogens (tertiary/aromatic N) is 2. The van der Waals surface area contributed by atoms with Gasteiger partial charge in [0.2, 0.25) is 5.91 Å². The number of aliphatic carboxylic acids is 1. The second kappa shape index (κ2) is 6.51. The summed E-state index contributed by atoms with van der Waals surface area (Å²) in [5.74, 6) is -0.917. The summed E-state index contributed by atoms with van der Waals surface area (Å²) in [6.45, 7) is 0. The molecule has 102 valence electrons. The van der Waals surface area contributed by atoms with Crippen molar-refractivity contribution in [3.05, 3.63) is 12.2 Å². The van der Waals surface area contributed by atoms with Gasteiger partial charge >= 0.3 is 5.97 Å². The number of hydrogen-bond donors (Lipinski definition) is 2. The number of carbonyl (C=O) groups is 2. The first-order chi connectivity index (χ1) is 9.15. The van der Waals surface area contributed by atoms with E-state index in [0.29, 0.717) is 11.1 Å². The Balaban J connectivity index is 1.87. The number of carbonyl (C=O) groups excluding carboxylic acids is 1. The molecule has 1 heterocycles. The number of nitrogens with one attached hydrogen (secondary N) is 1. The van der Waals surface area contributed by atoms with Gasteiger partial charge in [0.1, 0.15) is 5.25 Å². The van der Waals surface area contributed by atoms with E-state index in [4.69, 9.17) is 5.11 Å². The molecule has 6 nitrogen and oxygen atoms in total. The summed E-state index contributed by atoms with van der Waals surface area (Å²) in [6.07, 6.45) is 8.95. The topological polar surface area (TPSA) is 91.1 Å². The number of allylic oxidation sites excluding steroid dienone is 2. The zero-order chi connectivity index (χ0) is 13.7. The molecule has 0 unspecified atom stereocenters. The van der Waals surface area contributed by atoms with E-state index in [-0.39, 0.29) is 12.3 Å². The van der Waals surface area contributed by atoms with Crippen LogP contribution in [0.4, 0.5) is 0 Å². The fraction of sp³-hybridized carbons (Fsp3) is 0.500. The first-order valence-electron chi connectivity index (χ1n) is 6.10. The predicted octanol–water partition coefficient (Wildman–Crippen LogP) is 1.39. The van der Waals surface area contributed by atoms with Gasteiger partial charge in [0.15, 0.2) is 5.17 Å². The summed E-state index contributed by atoms with van der Waals surface area (Å²) < 4.78 is 0. The molecule has 0 aromatic rings. The standard InChI is InChI=1S/C12H15N3O3S/c16-10(17)6-9-11(18)14-12(19-9)15-13-7-8-4-2-1-3-5-8/h1-2,7-9H,3-6H2,(H,16,17)(H,14,15,18)/b13-7-/t8-,9-/m1/s1. The molecule has 2 N–H and O–H groups in total. The van der Waals surface area contributed by atoms with Gasteiger partial charge < -0.3 is 10.4 Å². The second-order valence-corrected chi connectivity index (χ2v) is 5.60. The predicted molar refractivity (Wildman–Crippen MR) is 74.2 cm³/mol. The Kier molecular flexibility index (Phi) is 4.73. The lowest BCUT2D eigenvalue weighted by molar-refractivity contribution is -0.138. The van der Waals surface area contributed by atoms with Crippen molar-refractivity contribution >= 4 is 35.0 Å². The van der Waals surface area contributed by atoms with Gasteiger partial charge in [-0.25, -0.2) is 0 Å². The molecule has 1 saturated heterocycles. The summed E-state index contributed by atoms with van der Waals surface area (Å²) in [4.78, 5) is 22.0. The van der Waals surface area contributed by atoms with Crippen LogP contribution in [0, 0.1) is 5.92 Å². The first kappa shape index (κ1) is 13.8. The fourth-order valence-corrected chi connectivity index (χ4v) is 2.79. The summed E-state index contributed by atoms with van der Waals surface area (Å²) in [7, 11) is 0. The van der Waals surface area contributed by atoms with Crippen molar-refractivity contribution in [1.29, 1.82) is 0 Å². The smallest absolute Gasteiger partial charge is 0.305 e. The molecule has 1 aliphatic heterocycles. The Hall–Kier alpha value is -1.63. The van der Waals surface area contributed by atoms with E-state index in [2.05, 4.69) is 27.7 Å². The number of carboxylic acids is 1. The average molecular weight is 281 g/mol. The number of rotatable bonds is 4. The van der Waals surface area contributed by atoms with E-state index in [1.165, 1.54) is 0 Å². The van der Waals surface area contributed by atoms with Crippen LogP contribution in [0.1, 0.15) is 25.7 Å². The third kappa shape index (κ3) is 4.20. The minimum atomic E-state index is -0.994. The van der Waals surface area contributed by atoms with Gasteiger partial charge in [-0.3, -0.25) is 9.59 Å². The molecule has 0 aromatic heterocycles. The maximum absolute atomic E-state index is 11.4. The van der Waals surface area contributed by atoms with E-state index < -0.39 is 11.2 Å². The lowest BCUT2D eigenvalue weighted by Crippen LogP contribution is -2.26. The van der Waals surface area contributed by atoms with Gasteiger partial charge in [-0.1, -0.05) is 23.9 Å². The van der Waals surface area contributed by atoms with Crippen molar-refractivity contribution in [3.8, 4) is 0 Å². The first-order valence-corrected chi connectivity index (χ1v) is 6.98. The number of amidine groups is 1. The van der Waals surface area contributed by atoms with Crippen LogP contribution in [0.3, 0.4) is 0 Å². The maximum Gasteiger partial charge on any atom is 0.305 e. The highest BCUT2D eigenvalue weighted by atomic mass is 32.2. The van der Waals surface area contributed by atoms with Crippen molar-refractivity contribution in [2.45, 2.75) is 30.9 Å². The van der Waals surface area contributed by atoms with Gasteiger partial charge in [0, 0.05) is 6.21 Å². The van der Waals surface area contributed by atoms with Crippen LogP contribution in [0.15, 0.2) is 22.4 Å². The molecule has 1 fully saturated rings. The van der Waals surface area contributed by atoms with Gasteiger partial charge in [0.25, 0.3) is 0 Å². The minimum absolute atomic E-state index is 0.202. The highest BCUT2D eigenvalue weighted by Crippen LogP contribution is 2.22. The summed E-state index contributed by atoms with van der Waals surface area (Å²) >= 11 is 1.11. The number of carboxylic acid groups (broad SMARTS) is 1. The quantitative estimate of drug-likeness (QED) is 0.463. The Morgan fingerprint density at radius 3 is 3.11 bits per heavy atom. The SMILES string of the molecule is O=C(O)C[C@H]1S/C(=N\N=C/[C@@H]2CC=CCC2)NC1=O. The zero-order valence-corrected chi connectivity index (χ0v) is 11.1. The molecule has 2 atom stereocenters. The number of hydrogen-bond acceptors (Lipinski definition) is 5. The van der Waals surface area contributed by atoms with Crippen molar-refractivity contribution < 1.29 is 14.7 Å². The zero-order valence-electron chi connectivity index (χ0n) is 10.3. The molecule has 19 heavy (non-hydrogen) atoms. The molecule has 0 saturated carbocycles. The van der Waals surface area contributed by atoms with Crippen LogP contribution in [0.25, 0.3) is 0 Å². The summed E-state index contributed by atoms with van der Waals surface area (Å²) in [6, 6.07) is 0. The van der Waals surface area contributed by atoms with Crippen molar-refractivity contribution in [2.24, 2.45) is 16.1 Å². The van der Waals surface area contributed by atoms with Crippen LogP contribution >= 0.6 is 11.8 Å². The third-order valence-electron chi connectivity index (χ3n) is 2.87. The monoisotopic (exact) mass is 281 g/mol. The lowest BCUT2D eigenvalue weighted by Gasteiger charge is -2.10. The molecule has 7 heteroatoms. The van der Waals surface area contributed by atoms with E-state index in [1.807, 2.05) is 0 Å². The molecular formula is C12H15N3O3S. The van der Waals surface area contributed by atoms with Gasteiger partial charge in [-0.05, 0) is 25.2 Å². The van der Waals surface area contributed by atoms with Crippen LogP contribution in [-0.4, -0.2) is 33.6 Å². The van der Waals surface area contributed by atoms with Gasteiger partial charge in [0.05, 0.1) is 6.42 Å². The molecule has 0 radical (unpaired) electrons. The molecule has 2 rings (SSSR count). The van der Waals surface area contributed by atoms with E-state index in [1.54, 1.807) is 6.21 Å². The number of amides is 1. The molecule has 1 aliphatic carbocycles. The van der Waals surface area contributed by atoms with E-state index in [0.717, 1.165) is 31.0 Å². The minimum Gasteiger partial charge on any atom is -0.481 e. The van der Waals surface area contributed by atoms with Crippen molar-refractivity contribution in [2.75, 3.05) is 0 Å². The number of thioether (sulfide) groups is 1. The van der Waals surface area contributed by atoms with Gasteiger partial charge in [-0.15, -0.1) is 5.10 Å². The molecule has 0 aromatic carbocycles. The molecule has 2 aliphatic rings. The van der Waals surface area contributed by atoms with E-state index in [9.17, 15) is 9.59 Å². The van der Waals surface area contributed by atoms with E-state index >= 15 is 0 Å². The van der Waals surface area contributed by atoms with Crippen LogP contribution < -0.4 is 5.32 Å². The van der Waals surface area contributed by atoms with Crippen LogP contribution in [0.5, 0.6) is 0 Å². The Labute approximate surface area is 115 Å². The second-order valence-electron chi connectivity index (χ2n) is 4.41. The molecule has 1 amide bonds. The third-order valence-corrected chi connectivity index (χ3v) is 3.94. The Morgan fingerprint density at radius 2 is 2.42 bits per heavy atom. The summed E-state index contributed by atoms with van der Waals surface area (Å²) in [5, 5.41) is 18.8. The average Bonchev–Trinajstić information content (AvgIpc) is 2.70. The molecule has 0 spiro atoms. The van der Waals surface area contributed by atoms with Crippen molar-refractivity contribution in [1.82, 2.24) is 5.32 Å². The van der Waals surface area contributed by atoms with Crippen LogP contribution in [-0.2, 0) is 9.59 Å². The molecular weight excluding hydrogens is 266 g/mol. The Morgan fingerprint density at radius 1 is 1.58 bits per heavy atom. The Bertz CT molecular complexity index is 459. The van der Waals surface area contributed by atoms with Gasteiger partial charge in [-0.2, -0.15) is 5.10 Å². The molecule has 0 bridgehead atoms. The fourth-order valence-electron chi connectivity index (χ4n) is 1.88. The highest BCUT2D eigenvalue weighted by molar-refractivity contribution is 8.15. The largest absolute Gasteiger partial charge is 0.481 e. The normalized spacial score (nSPS) is 29.1. The maximum atomic E-state index is 11.4. The van der Waals surface area contributed by atoms with Crippen molar-refractivity contribution in [3.63, 3.8) is 0 Å². The highest BCUT2D eigenvalue weighted by Gasteiger charge is 2.32. The lowest BCUT2D eigenvalue weighted by atomic mass is 9.96. The van der Waals surface area contributed by atoms with Crippen LogP contribution in [0.2, 0.25) is 0 Å². The summed E-state index contributed by atoms with van der Waals surface area (Å²) in [5.41, 5.74) is 0.